The fourth-order valence-electron chi connectivity index (χ4n) is 3.21. The predicted octanol–water partition coefficient (Wildman–Crippen LogP) is 3.66. The van der Waals surface area contributed by atoms with Gasteiger partial charge in [0.2, 0.25) is 10.0 Å². The molecule has 3 rings (SSSR count). The van der Waals surface area contributed by atoms with Crippen LogP contribution in [-0.2, 0) is 19.6 Å². The number of hydrogen-bond donors (Lipinski definition) is 2. The molecule has 0 aliphatic heterocycles. The number of sulfonamides is 1. The van der Waals surface area contributed by atoms with Gasteiger partial charge in [0, 0.05) is 10.7 Å². The molecular weight excluding hydrogens is 504 g/mol. The number of benzene rings is 3. The number of rotatable bonds is 10. The number of carbonyl (C=O) groups is 2. The van der Waals surface area contributed by atoms with Crippen molar-refractivity contribution in [2.24, 2.45) is 5.10 Å². The molecule has 0 aliphatic rings. The van der Waals surface area contributed by atoms with Crippen LogP contribution in [0, 0.1) is 0 Å². The predicted molar refractivity (Wildman–Crippen MR) is 141 cm³/mol. The fourth-order valence-corrected chi connectivity index (χ4v) is 4.57. The lowest BCUT2D eigenvalue weighted by molar-refractivity contribution is -0.121. The summed E-state index contributed by atoms with van der Waals surface area (Å²) in [6.07, 6.45) is 2.45. The molecule has 0 heterocycles. The topological polar surface area (TPSA) is 117 Å². The first-order valence-electron chi connectivity index (χ1n) is 10.8. The summed E-state index contributed by atoms with van der Waals surface area (Å²) in [6, 6.07) is 20.8. The lowest BCUT2D eigenvalue weighted by Gasteiger charge is -2.27. The van der Waals surface area contributed by atoms with E-state index in [0.717, 1.165) is 10.6 Å². The van der Waals surface area contributed by atoms with Gasteiger partial charge in [-0.3, -0.25) is 13.9 Å². The van der Waals surface area contributed by atoms with E-state index in [-0.39, 0.29) is 12.5 Å². The third-order valence-corrected chi connectivity index (χ3v) is 6.32. The Morgan fingerprint density at radius 1 is 1.06 bits per heavy atom. The van der Waals surface area contributed by atoms with Gasteiger partial charge in [-0.15, -0.1) is 0 Å². The molecule has 0 fully saturated rings. The van der Waals surface area contributed by atoms with Crippen LogP contribution in [0.2, 0.25) is 5.02 Å². The van der Waals surface area contributed by atoms with E-state index in [1.54, 1.807) is 78.9 Å². The Kier molecular flexibility index (Phi) is 9.04. The number of amides is 2. The van der Waals surface area contributed by atoms with Gasteiger partial charge < -0.3 is 10.1 Å². The molecule has 0 bridgehead atoms. The molecule has 0 aliphatic carbocycles. The average Bonchev–Trinajstić information content (AvgIpc) is 2.83. The molecule has 0 aromatic heterocycles. The van der Waals surface area contributed by atoms with Crippen LogP contribution in [-0.4, -0.2) is 45.4 Å². The first-order valence-corrected chi connectivity index (χ1v) is 13.0. The maximum Gasteiger partial charge on any atom is 0.263 e. The summed E-state index contributed by atoms with van der Waals surface area (Å²) in [6.45, 7) is 1.29. The Hall–Kier alpha value is -3.89. The fraction of sp³-hybridized carbons (Fsp3) is 0.160. The molecule has 3 aromatic carbocycles. The molecule has 2 amide bonds. The maximum absolute atomic E-state index is 12.6. The van der Waals surface area contributed by atoms with Crippen LogP contribution in [0.3, 0.4) is 0 Å². The molecule has 0 saturated carbocycles. The quantitative estimate of drug-likeness (QED) is 0.307. The van der Waals surface area contributed by atoms with Gasteiger partial charge in [0.25, 0.3) is 11.8 Å². The second-order valence-electron chi connectivity index (χ2n) is 7.72. The van der Waals surface area contributed by atoms with Gasteiger partial charge in [0.15, 0.2) is 6.61 Å². The van der Waals surface area contributed by atoms with Crippen LogP contribution in [0.4, 0.5) is 11.4 Å². The van der Waals surface area contributed by atoms with E-state index in [1.807, 2.05) is 0 Å². The van der Waals surface area contributed by atoms with E-state index in [2.05, 4.69) is 15.8 Å². The summed E-state index contributed by atoms with van der Waals surface area (Å²) in [4.78, 5) is 24.6. The molecule has 36 heavy (non-hydrogen) atoms. The Morgan fingerprint density at radius 3 is 2.39 bits per heavy atom. The minimum absolute atomic E-state index is 0.188. The van der Waals surface area contributed by atoms with Crippen LogP contribution < -0.4 is 19.8 Å². The summed E-state index contributed by atoms with van der Waals surface area (Å²) >= 11 is 5.90. The molecule has 9 nitrogen and oxygen atoms in total. The summed E-state index contributed by atoms with van der Waals surface area (Å²) < 4.78 is 31.1. The monoisotopic (exact) mass is 528 g/mol. The number of halogens is 1. The van der Waals surface area contributed by atoms with Gasteiger partial charge in [-0.1, -0.05) is 35.9 Å². The number of nitrogens with zero attached hydrogens (tertiary/aromatic N) is 2. The standard InChI is InChI=1S/C25H25ClN4O5S/c1-18(30(36(2,33)34)22-9-4-3-5-10-22)25(32)29-27-16-19-11-13-23(14-12-19)35-17-24(31)28-21-8-6-7-20(26)15-21/h3-16,18H,17H2,1-2H3,(H,28,31)(H,29,32)/b27-16+. The van der Waals surface area contributed by atoms with Crippen LogP contribution in [0.15, 0.2) is 84.0 Å². The van der Waals surface area contributed by atoms with E-state index in [9.17, 15) is 18.0 Å². The Morgan fingerprint density at radius 2 is 1.75 bits per heavy atom. The van der Waals surface area contributed by atoms with Crippen LogP contribution in [0.1, 0.15) is 12.5 Å². The normalized spacial score (nSPS) is 12.1. The number of ether oxygens (including phenoxy) is 1. The number of hydrogen-bond acceptors (Lipinski definition) is 6. The van der Waals surface area contributed by atoms with Crippen molar-refractivity contribution in [1.82, 2.24) is 5.43 Å². The van der Waals surface area contributed by atoms with Gasteiger partial charge in [-0.05, 0) is 67.1 Å². The molecular formula is C25H25ClN4O5S. The van der Waals surface area contributed by atoms with Gasteiger partial charge in [0.05, 0.1) is 18.2 Å². The first kappa shape index (κ1) is 26.7. The van der Waals surface area contributed by atoms with Crippen molar-refractivity contribution in [3.05, 3.63) is 89.4 Å². The van der Waals surface area contributed by atoms with Crippen molar-refractivity contribution >= 4 is 51.0 Å². The van der Waals surface area contributed by atoms with Gasteiger partial charge >= 0.3 is 0 Å². The van der Waals surface area contributed by atoms with E-state index in [0.29, 0.717) is 27.7 Å². The zero-order valence-corrected chi connectivity index (χ0v) is 21.2. The second-order valence-corrected chi connectivity index (χ2v) is 10.0. The molecule has 1 atom stereocenters. The maximum atomic E-state index is 12.6. The van der Waals surface area contributed by atoms with Gasteiger partial charge in [-0.25, -0.2) is 13.8 Å². The zero-order chi connectivity index (χ0) is 26.1. The molecule has 0 saturated heterocycles. The Labute approximate surface area is 214 Å². The van der Waals surface area contributed by atoms with Crippen molar-refractivity contribution in [1.29, 1.82) is 0 Å². The van der Waals surface area contributed by atoms with Gasteiger partial charge in [-0.2, -0.15) is 5.10 Å². The van der Waals surface area contributed by atoms with E-state index in [1.165, 1.54) is 13.1 Å². The largest absolute Gasteiger partial charge is 0.484 e. The summed E-state index contributed by atoms with van der Waals surface area (Å²) in [7, 11) is -3.70. The number of para-hydroxylation sites is 1. The Balaban J connectivity index is 1.52. The van der Waals surface area contributed by atoms with Gasteiger partial charge in [0.1, 0.15) is 11.8 Å². The highest BCUT2D eigenvalue weighted by Crippen LogP contribution is 2.20. The zero-order valence-electron chi connectivity index (χ0n) is 19.6. The molecule has 1 unspecified atom stereocenters. The Bertz CT molecular complexity index is 1330. The third-order valence-electron chi connectivity index (χ3n) is 4.85. The lowest BCUT2D eigenvalue weighted by Crippen LogP contribution is -2.46. The SMILES string of the molecule is CC(C(=O)N/N=C/c1ccc(OCC(=O)Nc2cccc(Cl)c2)cc1)N(c1ccccc1)S(C)(=O)=O. The van der Waals surface area contributed by atoms with E-state index >= 15 is 0 Å². The van der Waals surface area contributed by atoms with Crippen molar-refractivity contribution in [3.63, 3.8) is 0 Å². The molecule has 0 spiro atoms. The lowest BCUT2D eigenvalue weighted by atomic mass is 10.2. The van der Waals surface area contributed by atoms with E-state index < -0.39 is 22.0 Å². The smallest absolute Gasteiger partial charge is 0.263 e. The molecule has 3 aromatic rings. The summed E-state index contributed by atoms with van der Waals surface area (Å²) in [5, 5.41) is 7.12. The average molecular weight is 529 g/mol. The highest BCUT2D eigenvalue weighted by atomic mass is 35.5. The van der Waals surface area contributed by atoms with Crippen molar-refractivity contribution in [2.75, 3.05) is 22.5 Å². The van der Waals surface area contributed by atoms with Crippen LogP contribution in [0.5, 0.6) is 5.75 Å². The molecule has 0 radical (unpaired) electrons. The summed E-state index contributed by atoms with van der Waals surface area (Å²) in [5.74, 6) is -0.456. The first-order chi connectivity index (χ1) is 17.1. The third kappa shape index (κ3) is 7.82. The molecule has 188 valence electrons. The number of nitrogens with one attached hydrogen (secondary N) is 2. The highest BCUT2D eigenvalue weighted by Gasteiger charge is 2.28. The number of anilines is 2. The number of hydrazone groups is 1. The van der Waals surface area contributed by atoms with Crippen molar-refractivity contribution < 1.29 is 22.7 Å². The van der Waals surface area contributed by atoms with Crippen LogP contribution in [0.25, 0.3) is 0 Å². The molecule has 2 N–H and O–H groups in total. The minimum Gasteiger partial charge on any atom is -0.484 e. The minimum atomic E-state index is -3.70. The second kappa shape index (κ2) is 12.2. The van der Waals surface area contributed by atoms with Crippen molar-refractivity contribution in [3.8, 4) is 5.75 Å². The van der Waals surface area contributed by atoms with Crippen LogP contribution >= 0.6 is 11.6 Å². The van der Waals surface area contributed by atoms with E-state index in [4.69, 9.17) is 16.3 Å². The van der Waals surface area contributed by atoms with Crippen molar-refractivity contribution in [2.45, 2.75) is 13.0 Å². The number of carbonyl (C=O) groups excluding carboxylic acids is 2. The molecule has 11 heteroatoms. The summed E-state index contributed by atoms with van der Waals surface area (Å²) in [5.41, 5.74) is 3.97. The highest BCUT2D eigenvalue weighted by molar-refractivity contribution is 7.92.